The molecule has 7 aromatic rings. The second-order valence-electron chi connectivity index (χ2n) is 29.5. The summed E-state index contributed by atoms with van der Waals surface area (Å²) in [6.07, 6.45) is 5.78. The van der Waals surface area contributed by atoms with Crippen molar-refractivity contribution in [2.45, 2.75) is 164 Å². The number of aldehydes is 1. The van der Waals surface area contributed by atoms with Crippen molar-refractivity contribution in [1.82, 2.24) is 40.6 Å². The number of ether oxygens (including phenoxy) is 7. The number of aromatic nitrogens is 2. The molecule has 0 bridgehead atoms. The highest BCUT2D eigenvalue weighted by Gasteiger charge is 2.47. The van der Waals surface area contributed by atoms with Crippen molar-refractivity contribution in [2.24, 2.45) is 0 Å². The number of carboxylic acids is 1. The molecule has 0 radical (unpaired) electrons. The number of nitrogens with one attached hydrogen (secondary N) is 3. The van der Waals surface area contributed by atoms with Gasteiger partial charge in [-0.1, -0.05) is 152 Å². The van der Waals surface area contributed by atoms with E-state index in [2.05, 4.69) is 67.0 Å². The monoisotopic (exact) mass is 1760 g/mol. The zero-order chi connectivity index (χ0) is 90.3. The number of halogens is 4. The molecule has 0 spiro atoms. The maximum Gasteiger partial charge on any atom is 0.522 e. The molecule has 0 unspecified atom stereocenters. The molecule has 5 N–H and O–H groups in total. The molecule has 7 heterocycles. The number of amides is 2. The number of likely N-dealkylation sites (tertiary alicyclic amines) is 3. The van der Waals surface area contributed by atoms with Gasteiger partial charge in [-0.05, 0) is 65.5 Å². The molecule has 5 saturated heterocycles. The lowest BCUT2D eigenvalue weighted by atomic mass is 10.1. The van der Waals surface area contributed by atoms with Crippen molar-refractivity contribution in [3.63, 3.8) is 0 Å². The summed E-state index contributed by atoms with van der Waals surface area (Å²) >= 11 is 0. The van der Waals surface area contributed by atoms with Gasteiger partial charge in [0, 0.05) is 44.3 Å². The van der Waals surface area contributed by atoms with E-state index in [9.17, 15) is 56.3 Å². The van der Waals surface area contributed by atoms with Gasteiger partial charge in [-0.15, -0.1) is 12.4 Å². The van der Waals surface area contributed by atoms with Crippen LogP contribution in [0.2, 0.25) is 0 Å². The van der Waals surface area contributed by atoms with Gasteiger partial charge < -0.3 is 72.3 Å². The van der Waals surface area contributed by atoms with Gasteiger partial charge in [0.1, 0.15) is 60.8 Å². The lowest BCUT2D eigenvalue weighted by molar-refractivity contribution is -0.146. The number of aliphatic carboxylic acids is 1. The van der Waals surface area contributed by atoms with Crippen LogP contribution >= 0.6 is 12.4 Å². The van der Waals surface area contributed by atoms with E-state index in [0.717, 1.165) is 40.1 Å². The van der Waals surface area contributed by atoms with E-state index in [1.165, 1.54) is 46.0 Å². The molecule has 33 nitrogen and oxygen atoms in total. The van der Waals surface area contributed by atoms with E-state index in [1.807, 2.05) is 132 Å². The van der Waals surface area contributed by atoms with Crippen molar-refractivity contribution in [3.05, 3.63) is 227 Å². The Morgan fingerprint density at radius 1 is 0.537 bits per heavy atom. The number of alkyl halides is 3. The quantitative estimate of drug-likeness (QED) is 0.0150. The SMILES string of the molecule is CC(C)(C)OC(=O)NCC(=O)O.COC(=O)[C@@H]1C[C@@H](c2ncc(-c3ccccc3)o2)CN1.COC(=O)[C@@H]1C[C@@H](c2ncc(-c3ccccc3)o2)CN1Cc1ccccc1.Cl.O=Cc1ccccc1.O=S(=O)(O)C(F)(F)F.[C-]#[N+][C@@H]1C[C@@H](C(=O)OC)N(C(=O)OC(C)(C)C)C1.[C-]#[N+][C@@H]1C[C@@H](C(=O)OC)N(Cc2ccccc2)C1.[C-]#[N+][C@H]1CN[C@H](C(=O)OC)C1.[HH]. The predicted molar refractivity (Wildman–Crippen MR) is 446 cm³/mol. The van der Waals surface area contributed by atoms with E-state index >= 15 is 0 Å². The van der Waals surface area contributed by atoms with E-state index in [-0.39, 0.29) is 98.4 Å². The Bertz CT molecular complexity index is 4750. The number of methoxy groups -OCH3 is 5. The number of hydrogen-bond acceptors (Lipinski definition) is 26. The lowest BCUT2D eigenvalue weighted by Gasteiger charge is -2.26. The first-order valence-corrected chi connectivity index (χ1v) is 39.5. The highest BCUT2D eigenvalue weighted by molar-refractivity contribution is 7.86. The third-order valence-electron chi connectivity index (χ3n) is 18.2. The number of nitrogens with zero attached hydrogens (tertiary/aromatic N) is 8. The topological polar surface area (TPSA) is 404 Å². The van der Waals surface area contributed by atoms with Crippen LogP contribution in [0.4, 0.5) is 22.8 Å². The lowest BCUT2D eigenvalue weighted by Crippen LogP contribution is -2.43. The number of benzene rings is 5. The Hall–Kier alpha value is -12.1. The molecule has 10 atom stereocenters. The van der Waals surface area contributed by atoms with Crippen LogP contribution in [0.1, 0.15) is 120 Å². The molecule has 0 saturated carbocycles. The average Bonchev–Trinajstić information content (AvgIpc) is 1.68. The number of rotatable bonds is 16. The van der Waals surface area contributed by atoms with Crippen LogP contribution in [0, 0.1) is 19.7 Å². The molecule has 2 aromatic heterocycles. The maximum absolute atomic E-state index is 12.3. The molecular formula is C85H105ClF3N11O22S. The first kappa shape index (κ1) is 103. The standard InChI is InChI=1S/C22H22N2O3.C15H16N2O3.C14H16N2O2.C12H18N2O4.C7H10N2O2.C7H13NO4.C7H6O.CHF3O3S.ClH.H2/c1-26-22(25)19-12-18(15-24(19)14-16-8-4-2-5-9-16)21-23-13-20(27-21)17-10-6-3-7-11-17;1-19-15(18)12-7-11(8-16-12)14-17-9-13(20-14)10-5-3-2-4-6-10;1-15-12-8-13(14(17)18-2)16(10-12)9-11-6-4-3-5-7-11;1-12(2,3)18-11(16)14-7-8(13-4)6-9(14)10(15)17-5;1-8-5-3-6(9-4-5)7(10)11-2;1-7(2,3)12-6(11)8-4-5(9)10;8-6-7-4-2-1-3-5-7;2-1(3,4)8(5,6)7;;/h2-11,13,18-19H,12,14-15H2,1H3;2-6,9,11-12,16H,7-8H2,1H3;3-7,12-13H,8-10H2,2H3;8-9H,6-7H2,1-3,5H3;5-6,9H,3-4H2,2H3;4H2,1-3H3,(H,8,11)(H,9,10);1-6H;(H,5,6,7);2*1H/t18-,19+;11-,12+;12-,13+;8-,9+;5-,6+;;;;;/m11111...../s1. The molecule has 5 fully saturated rings. The third-order valence-corrected chi connectivity index (χ3v) is 18.8. The minimum atomic E-state index is -5.84. The Labute approximate surface area is 719 Å². The first-order chi connectivity index (χ1) is 57.8. The Morgan fingerprint density at radius 3 is 1.32 bits per heavy atom. The summed E-state index contributed by atoms with van der Waals surface area (Å²) < 4.78 is 103. The molecular weight excluding hydrogens is 1650 g/mol. The fourth-order valence-electron chi connectivity index (χ4n) is 12.4. The second kappa shape index (κ2) is 50.9. The van der Waals surface area contributed by atoms with Crippen LogP contribution < -0.4 is 16.0 Å². The molecule has 666 valence electrons. The molecule has 5 aliphatic heterocycles. The van der Waals surface area contributed by atoms with Gasteiger partial charge in [0.15, 0.2) is 23.3 Å². The number of hydrogen-bond donors (Lipinski definition) is 5. The molecule has 123 heavy (non-hydrogen) atoms. The summed E-state index contributed by atoms with van der Waals surface area (Å²) in [5.74, 6) is 0.475. The zero-order valence-corrected chi connectivity index (χ0v) is 71.4. The summed E-state index contributed by atoms with van der Waals surface area (Å²) in [6, 6.07) is 46.6. The highest BCUT2D eigenvalue weighted by Crippen LogP contribution is 2.36. The minimum absolute atomic E-state index is 0. The van der Waals surface area contributed by atoms with E-state index in [4.69, 9.17) is 70.3 Å². The molecule has 38 heteroatoms. The summed E-state index contributed by atoms with van der Waals surface area (Å²) in [5, 5.41) is 16.3. The van der Waals surface area contributed by atoms with Crippen LogP contribution in [0.15, 0.2) is 173 Å². The molecule has 2 amide bonds. The van der Waals surface area contributed by atoms with Crippen molar-refractivity contribution in [1.29, 1.82) is 0 Å². The smallest absolute Gasteiger partial charge is 0.480 e. The van der Waals surface area contributed by atoms with E-state index < -0.39 is 63.5 Å². The number of oxazole rings is 2. The minimum Gasteiger partial charge on any atom is -0.480 e. The Kier molecular flexibility index (Phi) is 42.7. The summed E-state index contributed by atoms with van der Waals surface area (Å²) in [4.78, 5) is 125. The highest BCUT2D eigenvalue weighted by atomic mass is 35.5. The third kappa shape index (κ3) is 35.5. The van der Waals surface area contributed by atoms with Gasteiger partial charge in [0.2, 0.25) is 18.1 Å². The van der Waals surface area contributed by atoms with Gasteiger partial charge in [0.25, 0.3) is 0 Å². The molecule has 12 rings (SSSR count). The number of carbonyl (C=O) groups is 9. The van der Waals surface area contributed by atoms with Crippen LogP contribution in [0.25, 0.3) is 37.2 Å². The number of alkyl carbamates (subject to hydrolysis) is 1. The van der Waals surface area contributed by atoms with E-state index in [1.54, 1.807) is 66.1 Å². The molecule has 5 aliphatic rings. The fourth-order valence-corrected chi connectivity index (χ4v) is 12.4. The Morgan fingerprint density at radius 2 is 0.919 bits per heavy atom. The van der Waals surface area contributed by atoms with Gasteiger partial charge in [-0.25, -0.2) is 44.1 Å². The normalized spacial score (nSPS) is 19.9. The van der Waals surface area contributed by atoms with Crippen molar-refractivity contribution in [3.8, 4) is 22.6 Å². The summed E-state index contributed by atoms with van der Waals surface area (Å²) in [7, 11) is 1.02. The van der Waals surface area contributed by atoms with Crippen LogP contribution in [0.3, 0.4) is 0 Å². The average molecular weight is 1760 g/mol. The number of esters is 5. The van der Waals surface area contributed by atoms with Gasteiger partial charge >= 0.3 is 63.6 Å². The van der Waals surface area contributed by atoms with Gasteiger partial charge in [0.05, 0.1) is 92.1 Å². The maximum atomic E-state index is 12.3. The summed E-state index contributed by atoms with van der Waals surface area (Å²) in [5.41, 5.74) is -1.71. The number of carbonyl (C=O) groups excluding carboxylic acids is 8. The summed E-state index contributed by atoms with van der Waals surface area (Å²) in [6.45, 7) is 35.0. The molecule has 0 aliphatic carbocycles. The van der Waals surface area contributed by atoms with E-state index in [0.29, 0.717) is 83.2 Å². The largest absolute Gasteiger partial charge is 0.522 e. The van der Waals surface area contributed by atoms with Crippen molar-refractivity contribution >= 4 is 76.8 Å². The Balaban J connectivity index is 0.000000376. The van der Waals surface area contributed by atoms with Gasteiger partial charge in [-0.3, -0.25) is 53.3 Å². The molecule has 5 aromatic carbocycles. The fraction of sp³-hybridized carbons (Fsp3) is 0.435. The predicted octanol–water partition coefficient (Wildman–Crippen LogP) is 12.0. The van der Waals surface area contributed by atoms with Crippen molar-refractivity contribution in [2.75, 3.05) is 74.8 Å². The zero-order valence-electron chi connectivity index (χ0n) is 69.7. The van der Waals surface area contributed by atoms with Gasteiger partial charge in [-0.2, -0.15) is 21.6 Å². The number of carboxylic acid groups (broad SMARTS) is 1. The van der Waals surface area contributed by atoms with Crippen molar-refractivity contribution < 1.29 is 118 Å². The second-order valence-corrected chi connectivity index (χ2v) is 30.9. The van der Waals surface area contributed by atoms with Crippen LogP contribution in [-0.4, -0.2) is 237 Å². The first-order valence-electron chi connectivity index (χ1n) is 38.1. The van der Waals surface area contributed by atoms with Crippen LogP contribution in [-0.2, 0) is 85.1 Å². The van der Waals surface area contributed by atoms with Crippen LogP contribution in [0.5, 0.6) is 0 Å².